The molecule has 0 aliphatic rings. The second-order valence-electron chi connectivity index (χ2n) is 5.80. The van der Waals surface area contributed by atoms with E-state index < -0.39 is 0 Å². The largest absolute Gasteiger partial charge is 0.493 e. The van der Waals surface area contributed by atoms with E-state index in [1.54, 1.807) is 13.3 Å². The summed E-state index contributed by atoms with van der Waals surface area (Å²) in [4.78, 5) is 4.32. The molecule has 1 aromatic heterocycles. The highest BCUT2D eigenvalue weighted by molar-refractivity contribution is 7.13. The maximum Gasteiger partial charge on any atom is 0.203 e. The van der Waals surface area contributed by atoms with Gasteiger partial charge in [-0.1, -0.05) is 30.3 Å². The number of nitrogens with one attached hydrogen (secondary N) is 1. The summed E-state index contributed by atoms with van der Waals surface area (Å²) in [7, 11) is 1.64. The molecular formula is C20H21N3O2S. The highest BCUT2D eigenvalue weighted by Gasteiger charge is 2.09. The van der Waals surface area contributed by atoms with Gasteiger partial charge >= 0.3 is 0 Å². The second kappa shape index (κ2) is 8.49. The maximum absolute atomic E-state index is 5.96. The number of aryl methyl sites for hydroxylation is 2. The number of hydrazone groups is 1. The smallest absolute Gasteiger partial charge is 0.203 e. The number of thiazole rings is 1. The van der Waals surface area contributed by atoms with Gasteiger partial charge in [-0.15, -0.1) is 11.3 Å². The number of nitrogens with zero attached hydrogens (tertiary/aromatic N) is 2. The quantitative estimate of drug-likeness (QED) is 0.482. The van der Waals surface area contributed by atoms with Gasteiger partial charge in [0.15, 0.2) is 11.5 Å². The van der Waals surface area contributed by atoms with E-state index in [0.29, 0.717) is 18.1 Å². The van der Waals surface area contributed by atoms with E-state index in [9.17, 15) is 0 Å². The average molecular weight is 367 g/mol. The number of anilines is 1. The monoisotopic (exact) mass is 367 g/mol. The van der Waals surface area contributed by atoms with Crippen LogP contribution in [0.5, 0.6) is 11.5 Å². The molecule has 0 unspecified atom stereocenters. The van der Waals surface area contributed by atoms with Crippen molar-refractivity contribution in [2.24, 2.45) is 5.10 Å². The molecule has 2 aromatic carbocycles. The van der Waals surface area contributed by atoms with E-state index in [1.165, 1.54) is 11.3 Å². The summed E-state index contributed by atoms with van der Waals surface area (Å²) in [6.45, 7) is 4.45. The fraction of sp³-hybridized carbons (Fsp3) is 0.200. The highest BCUT2D eigenvalue weighted by atomic mass is 32.1. The van der Waals surface area contributed by atoms with Crippen molar-refractivity contribution >= 4 is 22.7 Å². The Balaban J connectivity index is 1.75. The lowest BCUT2D eigenvalue weighted by Crippen LogP contribution is -2.00. The van der Waals surface area contributed by atoms with Crippen LogP contribution in [0.1, 0.15) is 22.4 Å². The van der Waals surface area contributed by atoms with Crippen molar-refractivity contribution in [3.63, 3.8) is 0 Å². The lowest BCUT2D eigenvalue weighted by molar-refractivity contribution is 0.284. The molecule has 0 atom stereocenters. The van der Waals surface area contributed by atoms with Crippen LogP contribution in [0.4, 0.5) is 5.13 Å². The summed E-state index contributed by atoms with van der Waals surface area (Å²) >= 11 is 1.52. The first-order valence-corrected chi connectivity index (χ1v) is 9.10. The SMILES string of the molecule is COc1cc(C)c(C=NNc2nc(C)cs2)cc1OCc1ccccc1. The van der Waals surface area contributed by atoms with Gasteiger partial charge in [-0.3, -0.25) is 5.43 Å². The van der Waals surface area contributed by atoms with Crippen molar-refractivity contribution in [1.82, 2.24) is 4.98 Å². The zero-order valence-corrected chi connectivity index (χ0v) is 15.8. The molecule has 1 heterocycles. The van der Waals surface area contributed by atoms with Crippen LogP contribution in [0.25, 0.3) is 0 Å². The molecule has 3 aromatic rings. The summed E-state index contributed by atoms with van der Waals surface area (Å²) < 4.78 is 11.4. The van der Waals surface area contributed by atoms with Crippen LogP contribution in [0, 0.1) is 13.8 Å². The molecule has 134 valence electrons. The fourth-order valence-electron chi connectivity index (χ4n) is 2.39. The summed E-state index contributed by atoms with van der Waals surface area (Å²) in [5.74, 6) is 1.40. The zero-order chi connectivity index (χ0) is 18.4. The van der Waals surface area contributed by atoms with Crippen molar-refractivity contribution in [1.29, 1.82) is 0 Å². The second-order valence-corrected chi connectivity index (χ2v) is 6.66. The van der Waals surface area contributed by atoms with Crippen LogP contribution in [0.2, 0.25) is 0 Å². The predicted molar refractivity (Wildman–Crippen MR) is 107 cm³/mol. The molecule has 3 rings (SSSR count). The first kappa shape index (κ1) is 17.9. The summed E-state index contributed by atoms with van der Waals surface area (Å²) in [5.41, 5.74) is 7.04. The molecule has 0 aliphatic heterocycles. The van der Waals surface area contributed by atoms with Crippen LogP contribution in [0.15, 0.2) is 52.9 Å². The minimum Gasteiger partial charge on any atom is -0.493 e. The van der Waals surface area contributed by atoms with E-state index in [-0.39, 0.29) is 0 Å². The van der Waals surface area contributed by atoms with Crippen molar-refractivity contribution < 1.29 is 9.47 Å². The van der Waals surface area contributed by atoms with Gasteiger partial charge in [0.25, 0.3) is 0 Å². The van der Waals surface area contributed by atoms with Crippen LogP contribution in [-0.4, -0.2) is 18.3 Å². The molecule has 1 N–H and O–H groups in total. The lowest BCUT2D eigenvalue weighted by Gasteiger charge is -2.13. The standard InChI is InChI=1S/C20H21N3O2S/c1-14-9-18(24-3)19(25-12-16-7-5-4-6-8-16)10-17(14)11-21-23-20-22-15(2)13-26-20/h4-11,13H,12H2,1-3H3,(H,22,23). The number of aromatic nitrogens is 1. The van der Waals surface area contributed by atoms with E-state index >= 15 is 0 Å². The molecule has 0 aliphatic carbocycles. The Kier molecular flexibility index (Phi) is 5.86. The van der Waals surface area contributed by atoms with Crippen molar-refractivity contribution in [3.05, 3.63) is 70.2 Å². The van der Waals surface area contributed by atoms with Crippen LogP contribution < -0.4 is 14.9 Å². The molecule has 0 amide bonds. The fourth-order valence-corrected chi connectivity index (χ4v) is 3.02. The summed E-state index contributed by atoms with van der Waals surface area (Å²) in [6, 6.07) is 13.9. The first-order chi connectivity index (χ1) is 12.7. The molecule has 6 heteroatoms. The average Bonchev–Trinajstić information content (AvgIpc) is 3.07. The van der Waals surface area contributed by atoms with Gasteiger partial charge in [-0.2, -0.15) is 5.10 Å². The summed E-state index contributed by atoms with van der Waals surface area (Å²) in [5, 5.41) is 7.02. The van der Waals surface area contributed by atoms with Crippen molar-refractivity contribution in [2.45, 2.75) is 20.5 Å². The number of rotatable bonds is 7. The number of ether oxygens (including phenoxy) is 2. The Labute approximate surface area is 157 Å². The van der Waals surface area contributed by atoms with Gasteiger partial charge in [0, 0.05) is 10.9 Å². The van der Waals surface area contributed by atoms with E-state index in [4.69, 9.17) is 9.47 Å². The predicted octanol–water partition coefficient (Wildman–Crippen LogP) is 4.79. The van der Waals surface area contributed by atoms with E-state index in [1.807, 2.05) is 61.7 Å². The normalized spacial score (nSPS) is 10.9. The molecule has 26 heavy (non-hydrogen) atoms. The Morgan fingerprint density at radius 3 is 2.65 bits per heavy atom. The molecular weight excluding hydrogens is 346 g/mol. The van der Waals surface area contributed by atoms with E-state index in [0.717, 1.165) is 27.5 Å². The van der Waals surface area contributed by atoms with Gasteiger partial charge in [0.2, 0.25) is 5.13 Å². The number of hydrogen-bond donors (Lipinski definition) is 1. The van der Waals surface area contributed by atoms with Gasteiger partial charge in [0.1, 0.15) is 6.61 Å². The Bertz CT molecular complexity index is 891. The third-order valence-corrected chi connectivity index (χ3v) is 4.64. The van der Waals surface area contributed by atoms with Gasteiger partial charge < -0.3 is 9.47 Å². The number of hydrogen-bond acceptors (Lipinski definition) is 6. The summed E-state index contributed by atoms with van der Waals surface area (Å²) in [6.07, 6.45) is 1.76. The van der Waals surface area contributed by atoms with Gasteiger partial charge in [-0.05, 0) is 37.1 Å². The van der Waals surface area contributed by atoms with Crippen LogP contribution >= 0.6 is 11.3 Å². The minimum absolute atomic E-state index is 0.480. The molecule has 0 radical (unpaired) electrons. The van der Waals surface area contributed by atoms with Crippen LogP contribution in [-0.2, 0) is 6.61 Å². The minimum atomic E-state index is 0.480. The lowest BCUT2D eigenvalue weighted by atomic mass is 10.1. The van der Waals surface area contributed by atoms with Crippen molar-refractivity contribution in [2.75, 3.05) is 12.5 Å². The number of benzene rings is 2. The zero-order valence-electron chi connectivity index (χ0n) is 15.0. The molecule has 0 saturated heterocycles. The Morgan fingerprint density at radius 1 is 1.15 bits per heavy atom. The highest BCUT2D eigenvalue weighted by Crippen LogP contribution is 2.30. The third-order valence-electron chi connectivity index (χ3n) is 3.77. The molecule has 5 nitrogen and oxygen atoms in total. The topological polar surface area (TPSA) is 55.7 Å². The maximum atomic E-state index is 5.96. The third kappa shape index (κ3) is 4.61. The van der Waals surface area contributed by atoms with E-state index in [2.05, 4.69) is 15.5 Å². The Morgan fingerprint density at radius 2 is 1.96 bits per heavy atom. The molecule has 0 bridgehead atoms. The van der Waals surface area contributed by atoms with Gasteiger partial charge in [-0.25, -0.2) is 4.98 Å². The molecule has 0 saturated carbocycles. The molecule has 0 fully saturated rings. The Hall–Kier alpha value is -2.86. The van der Waals surface area contributed by atoms with Gasteiger partial charge in [0.05, 0.1) is 19.0 Å². The number of methoxy groups -OCH3 is 1. The molecule has 0 spiro atoms. The van der Waals surface area contributed by atoms with Crippen molar-refractivity contribution in [3.8, 4) is 11.5 Å². The first-order valence-electron chi connectivity index (χ1n) is 8.22. The van der Waals surface area contributed by atoms with Crippen LogP contribution in [0.3, 0.4) is 0 Å².